The third kappa shape index (κ3) is 4.05. The molecule has 0 radical (unpaired) electrons. The zero-order valence-electron chi connectivity index (χ0n) is 11.4. The number of carbonyl (C=O) groups excluding carboxylic acids is 1. The van der Waals surface area contributed by atoms with Crippen LogP contribution in [0.3, 0.4) is 0 Å². The van der Waals surface area contributed by atoms with E-state index < -0.39 is 17.8 Å². The molecule has 0 bridgehead atoms. The van der Waals surface area contributed by atoms with Crippen molar-refractivity contribution in [1.82, 2.24) is 4.98 Å². The number of aromatic nitrogens is 1. The number of pyridine rings is 1. The zero-order valence-corrected chi connectivity index (χ0v) is 11.4. The van der Waals surface area contributed by atoms with Crippen LogP contribution in [0.2, 0.25) is 0 Å². The second kappa shape index (κ2) is 7.03. The average Bonchev–Trinajstić information content (AvgIpc) is 2.46. The number of hydrogen-bond donors (Lipinski definition) is 2. The maximum atomic E-state index is 12.1. The van der Waals surface area contributed by atoms with Crippen molar-refractivity contribution in [1.29, 1.82) is 0 Å². The minimum atomic E-state index is -1.04. The highest BCUT2D eigenvalue weighted by atomic mass is 16.4. The Bertz CT molecular complexity index is 455. The number of carbonyl (C=O) groups is 2. The molecule has 1 aliphatic carbocycles. The van der Waals surface area contributed by atoms with Crippen LogP contribution in [0, 0.1) is 11.8 Å². The first kappa shape index (κ1) is 14.5. The molecule has 5 heteroatoms. The van der Waals surface area contributed by atoms with Gasteiger partial charge in [-0.25, -0.2) is 0 Å². The maximum Gasteiger partial charge on any atom is 0.316 e. The topological polar surface area (TPSA) is 79.3 Å². The number of rotatable bonds is 5. The highest BCUT2D eigenvalue weighted by Gasteiger charge is 2.30. The Morgan fingerprint density at radius 1 is 1.35 bits per heavy atom. The van der Waals surface area contributed by atoms with E-state index in [4.69, 9.17) is 0 Å². The van der Waals surface area contributed by atoms with Gasteiger partial charge in [-0.1, -0.05) is 32.1 Å². The lowest BCUT2D eigenvalue weighted by molar-refractivity contribution is -0.146. The molecular weight excluding hydrogens is 256 g/mol. The molecule has 0 aromatic carbocycles. The first-order chi connectivity index (χ1) is 9.66. The van der Waals surface area contributed by atoms with Gasteiger partial charge in [-0.2, -0.15) is 0 Å². The third-order valence-corrected chi connectivity index (χ3v) is 3.84. The predicted octanol–water partition coefficient (Wildman–Crippen LogP) is 2.69. The monoisotopic (exact) mass is 276 g/mol. The number of carboxylic acids is 1. The summed E-state index contributed by atoms with van der Waals surface area (Å²) in [7, 11) is 0. The van der Waals surface area contributed by atoms with Crippen molar-refractivity contribution in [2.24, 2.45) is 11.8 Å². The lowest BCUT2D eigenvalue weighted by Gasteiger charge is -2.24. The van der Waals surface area contributed by atoms with E-state index in [0.717, 1.165) is 25.7 Å². The number of aliphatic carboxylic acids is 1. The molecule has 108 valence electrons. The van der Waals surface area contributed by atoms with Gasteiger partial charge in [-0.3, -0.25) is 14.6 Å². The molecule has 1 unspecified atom stereocenters. The van der Waals surface area contributed by atoms with Crippen LogP contribution in [-0.2, 0) is 9.59 Å². The second-order valence-corrected chi connectivity index (χ2v) is 5.36. The van der Waals surface area contributed by atoms with Gasteiger partial charge in [-0.15, -0.1) is 0 Å². The van der Waals surface area contributed by atoms with Gasteiger partial charge in [0.1, 0.15) is 5.92 Å². The van der Waals surface area contributed by atoms with Crippen molar-refractivity contribution in [2.75, 3.05) is 5.32 Å². The average molecular weight is 276 g/mol. The summed E-state index contributed by atoms with van der Waals surface area (Å²) >= 11 is 0. The van der Waals surface area contributed by atoms with E-state index in [1.165, 1.54) is 12.6 Å². The van der Waals surface area contributed by atoms with Crippen molar-refractivity contribution in [3.63, 3.8) is 0 Å². The minimum absolute atomic E-state index is 0.351. The molecule has 0 aliphatic heterocycles. The van der Waals surface area contributed by atoms with E-state index in [2.05, 4.69) is 10.3 Å². The highest BCUT2D eigenvalue weighted by molar-refractivity contribution is 6.04. The SMILES string of the molecule is O=C(O)C(CC1CCCCC1)C(=O)Nc1cccnc1. The Kier molecular flexibility index (Phi) is 5.09. The van der Waals surface area contributed by atoms with E-state index in [-0.39, 0.29) is 0 Å². The van der Waals surface area contributed by atoms with Crippen molar-refractivity contribution < 1.29 is 14.7 Å². The first-order valence-corrected chi connectivity index (χ1v) is 7.10. The molecule has 1 fully saturated rings. The molecule has 1 amide bonds. The van der Waals surface area contributed by atoms with Crippen LogP contribution in [0.1, 0.15) is 38.5 Å². The fraction of sp³-hybridized carbons (Fsp3) is 0.533. The van der Waals surface area contributed by atoms with Gasteiger partial charge in [0, 0.05) is 6.20 Å². The summed E-state index contributed by atoms with van der Waals surface area (Å²) < 4.78 is 0. The fourth-order valence-electron chi connectivity index (χ4n) is 2.74. The molecule has 0 spiro atoms. The summed E-state index contributed by atoms with van der Waals surface area (Å²) in [6, 6.07) is 3.40. The Labute approximate surface area is 118 Å². The van der Waals surface area contributed by atoms with Gasteiger partial charge >= 0.3 is 5.97 Å². The van der Waals surface area contributed by atoms with Crippen LogP contribution in [0.15, 0.2) is 24.5 Å². The Morgan fingerprint density at radius 3 is 2.70 bits per heavy atom. The molecular formula is C15H20N2O3. The second-order valence-electron chi connectivity index (χ2n) is 5.36. The van der Waals surface area contributed by atoms with Gasteiger partial charge in [0.05, 0.1) is 11.9 Å². The van der Waals surface area contributed by atoms with Crippen molar-refractivity contribution in [2.45, 2.75) is 38.5 Å². The van der Waals surface area contributed by atoms with Crippen LogP contribution in [0.4, 0.5) is 5.69 Å². The smallest absolute Gasteiger partial charge is 0.316 e. The van der Waals surface area contributed by atoms with E-state index in [0.29, 0.717) is 18.0 Å². The predicted molar refractivity (Wildman–Crippen MR) is 75.2 cm³/mol. The van der Waals surface area contributed by atoms with Crippen molar-refractivity contribution >= 4 is 17.6 Å². The maximum absolute atomic E-state index is 12.1. The molecule has 20 heavy (non-hydrogen) atoms. The van der Waals surface area contributed by atoms with Crippen LogP contribution in [0.5, 0.6) is 0 Å². The summed E-state index contributed by atoms with van der Waals surface area (Å²) in [5.41, 5.74) is 0.535. The molecule has 1 atom stereocenters. The molecule has 1 heterocycles. The number of nitrogens with one attached hydrogen (secondary N) is 1. The normalized spacial score (nSPS) is 17.4. The Balaban J connectivity index is 1.96. The number of carboxylic acid groups (broad SMARTS) is 1. The lowest BCUT2D eigenvalue weighted by Crippen LogP contribution is -2.31. The van der Waals surface area contributed by atoms with Crippen LogP contribution in [0.25, 0.3) is 0 Å². The summed E-state index contributed by atoms with van der Waals surface area (Å²) in [4.78, 5) is 27.3. The Morgan fingerprint density at radius 2 is 2.10 bits per heavy atom. The standard InChI is InChI=1S/C15H20N2O3/c18-14(17-12-7-4-8-16-10-12)13(15(19)20)9-11-5-2-1-3-6-11/h4,7-8,10-11,13H,1-3,5-6,9H2,(H,17,18)(H,19,20). The first-order valence-electron chi connectivity index (χ1n) is 7.10. The third-order valence-electron chi connectivity index (χ3n) is 3.84. The van der Waals surface area contributed by atoms with Gasteiger partial charge in [0.15, 0.2) is 0 Å². The number of amides is 1. The quantitative estimate of drug-likeness (QED) is 0.810. The van der Waals surface area contributed by atoms with E-state index in [9.17, 15) is 14.7 Å². The summed E-state index contributed by atoms with van der Waals surface area (Å²) in [6.45, 7) is 0. The number of hydrogen-bond acceptors (Lipinski definition) is 3. The van der Waals surface area contributed by atoms with Crippen molar-refractivity contribution in [3.8, 4) is 0 Å². The molecule has 0 saturated heterocycles. The molecule has 2 rings (SSSR count). The highest BCUT2D eigenvalue weighted by Crippen LogP contribution is 2.29. The van der Waals surface area contributed by atoms with Crippen LogP contribution < -0.4 is 5.32 Å². The van der Waals surface area contributed by atoms with Crippen LogP contribution in [-0.4, -0.2) is 22.0 Å². The molecule has 1 saturated carbocycles. The molecule has 2 N–H and O–H groups in total. The van der Waals surface area contributed by atoms with Crippen LogP contribution >= 0.6 is 0 Å². The number of anilines is 1. The van der Waals surface area contributed by atoms with Gasteiger partial charge in [0.25, 0.3) is 0 Å². The molecule has 1 aliphatic rings. The zero-order chi connectivity index (χ0) is 14.4. The number of nitrogens with zero attached hydrogens (tertiary/aromatic N) is 1. The lowest BCUT2D eigenvalue weighted by atomic mass is 9.82. The van der Waals surface area contributed by atoms with Gasteiger partial charge in [-0.05, 0) is 24.5 Å². The fourth-order valence-corrected chi connectivity index (χ4v) is 2.74. The van der Waals surface area contributed by atoms with Gasteiger partial charge in [0.2, 0.25) is 5.91 Å². The summed E-state index contributed by atoms with van der Waals surface area (Å²) in [5, 5.41) is 11.9. The minimum Gasteiger partial charge on any atom is -0.481 e. The molecule has 1 aromatic heterocycles. The Hall–Kier alpha value is -1.91. The van der Waals surface area contributed by atoms with Crippen molar-refractivity contribution in [3.05, 3.63) is 24.5 Å². The van der Waals surface area contributed by atoms with Gasteiger partial charge < -0.3 is 10.4 Å². The molecule has 1 aromatic rings. The van der Waals surface area contributed by atoms with E-state index in [1.807, 2.05) is 0 Å². The summed E-state index contributed by atoms with van der Waals surface area (Å²) in [5.74, 6) is -2.11. The molecule has 5 nitrogen and oxygen atoms in total. The van der Waals surface area contributed by atoms with E-state index >= 15 is 0 Å². The summed E-state index contributed by atoms with van der Waals surface area (Å²) in [6.07, 6.45) is 9.11. The largest absolute Gasteiger partial charge is 0.481 e. The van der Waals surface area contributed by atoms with E-state index in [1.54, 1.807) is 18.3 Å².